The van der Waals surface area contributed by atoms with Crippen molar-refractivity contribution in [2.24, 2.45) is 0 Å². The third-order valence-electron chi connectivity index (χ3n) is 3.72. The summed E-state index contributed by atoms with van der Waals surface area (Å²) in [6.45, 7) is 4.03. The molecular weight excluding hydrogens is 321 g/mol. The first-order valence-electron chi connectivity index (χ1n) is 7.56. The number of likely N-dealkylation sites (tertiary alicyclic amines) is 1. The molecule has 1 aliphatic rings. The van der Waals surface area contributed by atoms with E-state index in [1.807, 2.05) is 0 Å². The first-order valence-corrected chi connectivity index (χ1v) is 8.35. The second-order valence-electron chi connectivity index (χ2n) is 5.39. The van der Waals surface area contributed by atoms with Crippen molar-refractivity contribution >= 4 is 15.9 Å². The van der Waals surface area contributed by atoms with Gasteiger partial charge in [-0.05, 0) is 50.6 Å². The van der Waals surface area contributed by atoms with Crippen molar-refractivity contribution in [2.75, 3.05) is 26.2 Å². The molecule has 0 spiro atoms. The van der Waals surface area contributed by atoms with Crippen LogP contribution in [0.3, 0.4) is 0 Å². The third kappa shape index (κ3) is 5.41. The van der Waals surface area contributed by atoms with Gasteiger partial charge in [0.25, 0.3) is 0 Å². The van der Waals surface area contributed by atoms with E-state index in [0.717, 1.165) is 17.4 Å². The van der Waals surface area contributed by atoms with Gasteiger partial charge in [0.1, 0.15) is 0 Å². The molecule has 0 saturated carbocycles. The Kier molecular flexibility index (Phi) is 6.80. The molecule has 0 radical (unpaired) electrons. The molecule has 2 nitrogen and oxygen atoms in total. The van der Waals surface area contributed by atoms with Crippen LogP contribution in [0.15, 0.2) is 22.7 Å². The Morgan fingerprint density at radius 2 is 1.80 bits per heavy atom. The Morgan fingerprint density at radius 3 is 2.50 bits per heavy atom. The minimum Gasteiger partial charge on any atom is -0.490 e. The fourth-order valence-electron chi connectivity index (χ4n) is 2.60. The molecule has 1 aromatic carbocycles. The van der Waals surface area contributed by atoms with Crippen LogP contribution in [0.1, 0.15) is 38.5 Å². The van der Waals surface area contributed by atoms with E-state index in [1.165, 1.54) is 51.3 Å². The number of halogens is 2. The van der Waals surface area contributed by atoms with E-state index < -0.39 is 0 Å². The quantitative estimate of drug-likeness (QED) is 0.723. The Hall–Kier alpha value is -0.610. The molecule has 0 unspecified atom stereocenters. The molecule has 1 fully saturated rings. The molecule has 1 aromatic rings. The minimum absolute atomic E-state index is 0.300. The van der Waals surface area contributed by atoms with Crippen molar-refractivity contribution in [2.45, 2.75) is 38.5 Å². The molecule has 4 heteroatoms. The largest absolute Gasteiger partial charge is 0.490 e. The lowest BCUT2D eigenvalue weighted by atomic mass is 10.1. The van der Waals surface area contributed by atoms with Crippen LogP contribution in [0.25, 0.3) is 0 Å². The average molecular weight is 344 g/mol. The first-order chi connectivity index (χ1) is 9.75. The number of rotatable bonds is 5. The summed E-state index contributed by atoms with van der Waals surface area (Å²) in [5.74, 6) is 0.0477. The zero-order valence-electron chi connectivity index (χ0n) is 11.9. The zero-order chi connectivity index (χ0) is 14.2. The SMILES string of the molecule is Fc1cc(Br)ccc1OCCCN1CCCCCCC1. The predicted octanol–water partition coefficient (Wildman–Crippen LogP) is 4.62. The summed E-state index contributed by atoms with van der Waals surface area (Å²) in [6, 6.07) is 4.92. The zero-order valence-corrected chi connectivity index (χ0v) is 13.5. The number of ether oxygens (including phenoxy) is 1. The lowest BCUT2D eigenvalue weighted by Crippen LogP contribution is -2.29. The van der Waals surface area contributed by atoms with Gasteiger partial charge in [-0.15, -0.1) is 0 Å². The Labute approximate surface area is 129 Å². The number of benzene rings is 1. The average Bonchev–Trinajstić information content (AvgIpc) is 2.38. The normalized spacial score (nSPS) is 17.5. The molecule has 0 aromatic heterocycles. The maximum atomic E-state index is 13.6. The van der Waals surface area contributed by atoms with Gasteiger partial charge < -0.3 is 9.64 Å². The van der Waals surface area contributed by atoms with E-state index in [0.29, 0.717) is 12.4 Å². The topological polar surface area (TPSA) is 12.5 Å². The Bertz CT molecular complexity index is 405. The standard InChI is InChI=1S/C16H23BrFNO/c17-14-7-8-16(15(18)13-14)20-12-6-11-19-9-4-2-1-3-5-10-19/h7-8,13H,1-6,9-12H2. The highest BCUT2D eigenvalue weighted by atomic mass is 79.9. The van der Waals surface area contributed by atoms with Crippen LogP contribution in [0.2, 0.25) is 0 Å². The molecule has 0 aliphatic carbocycles. The smallest absolute Gasteiger partial charge is 0.166 e. The Balaban J connectivity index is 1.67. The van der Waals surface area contributed by atoms with E-state index >= 15 is 0 Å². The van der Waals surface area contributed by atoms with Crippen LogP contribution >= 0.6 is 15.9 Å². The van der Waals surface area contributed by atoms with Crippen LogP contribution < -0.4 is 4.74 Å². The van der Waals surface area contributed by atoms with Crippen LogP contribution in [-0.4, -0.2) is 31.1 Å². The number of nitrogens with zero attached hydrogens (tertiary/aromatic N) is 1. The van der Waals surface area contributed by atoms with Crippen LogP contribution in [0.4, 0.5) is 4.39 Å². The van der Waals surface area contributed by atoms with Crippen molar-refractivity contribution in [1.29, 1.82) is 0 Å². The molecule has 112 valence electrons. The van der Waals surface area contributed by atoms with Gasteiger partial charge >= 0.3 is 0 Å². The summed E-state index contributed by atoms with van der Waals surface area (Å²) in [5.41, 5.74) is 0. The van der Waals surface area contributed by atoms with Gasteiger partial charge in [0, 0.05) is 11.0 Å². The van der Waals surface area contributed by atoms with E-state index in [1.54, 1.807) is 12.1 Å². The van der Waals surface area contributed by atoms with E-state index in [-0.39, 0.29) is 5.82 Å². The highest BCUT2D eigenvalue weighted by molar-refractivity contribution is 9.10. The maximum Gasteiger partial charge on any atom is 0.166 e. The minimum atomic E-state index is -0.300. The first kappa shape index (κ1) is 15.8. The fourth-order valence-corrected chi connectivity index (χ4v) is 2.93. The van der Waals surface area contributed by atoms with Crippen molar-refractivity contribution in [3.8, 4) is 5.75 Å². The van der Waals surface area contributed by atoms with Gasteiger partial charge in [-0.3, -0.25) is 0 Å². The summed E-state index contributed by atoms with van der Waals surface area (Å²) in [5, 5.41) is 0. The molecule has 0 amide bonds. The second-order valence-corrected chi connectivity index (χ2v) is 6.30. The molecule has 2 rings (SSSR count). The molecule has 1 aliphatic heterocycles. The molecule has 1 saturated heterocycles. The van der Waals surface area contributed by atoms with Gasteiger partial charge in [-0.2, -0.15) is 0 Å². The molecule has 20 heavy (non-hydrogen) atoms. The van der Waals surface area contributed by atoms with Gasteiger partial charge in [0.05, 0.1) is 6.61 Å². The van der Waals surface area contributed by atoms with Gasteiger partial charge in [-0.1, -0.05) is 35.2 Å². The molecule has 0 atom stereocenters. The lowest BCUT2D eigenvalue weighted by Gasteiger charge is -2.24. The van der Waals surface area contributed by atoms with Crippen LogP contribution in [0, 0.1) is 5.82 Å². The highest BCUT2D eigenvalue weighted by Crippen LogP contribution is 2.21. The summed E-state index contributed by atoms with van der Waals surface area (Å²) >= 11 is 3.24. The summed E-state index contributed by atoms with van der Waals surface area (Å²) < 4.78 is 19.8. The van der Waals surface area contributed by atoms with Gasteiger partial charge in [0.15, 0.2) is 11.6 Å². The van der Waals surface area contributed by atoms with E-state index in [2.05, 4.69) is 20.8 Å². The van der Waals surface area contributed by atoms with Crippen LogP contribution in [0.5, 0.6) is 5.75 Å². The second kappa shape index (κ2) is 8.63. The Morgan fingerprint density at radius 1 is 1.10 bits per heavy atom. The lowest BCUT2D eigenvalue weighted by molar-refractivity contribution is 0.216. The third-order valence-corrected chi connectivity index (χ3v) is 4.21. The summed E-state index contributed by atoms with van der Waals surface area (Å²) in [4.78, 5) is 2.51. The summed E-state index contributed by atoms with van der Waals surface area (Å²) in [6.07, 6.45) is 7.67. The summed E-state index contributed by atoms with van der Waals surface area (Å²) in [7, 11) is 0. The van der Waals surface area contributed by atoms with Crippen molar-refractivity contribution in [3.05, 3.63) is 28.5 Å². The van der Waals surface area contributed by atoms with E-state index in [9.17, 15) is 4.39 Å². The van der Waals surface area contributed by atoms with Crippen molar-refractivity contribution in [3.63, 3.8) is 0 Å². The molecule has 0 bridgehead atoms. The number of hydrogen-bond acceptors (Lipinski definition) is 2. The van der Waals surface area contributed by atoms with E-state index in [4.69, 9.17) is 4.74 Å². The highest BCUT2D eigenvalue weighted by Gasteiger charge is 2.08. The predicted molar refractivity (Wildman–Crippen MR) is 83.7 cm³/mol. The van der Waals surface area contributed by atoms with Gasteiger partial charge in [-0.25, -0.2) is 4.39 Å². The van der Waals surface area contributed by atoms with Crippen LogP contribution in [-0.2, 0) is 0 Å². The fraction of sp³-hybridized carbons (Fsp3) is 0.625. The monoisotopic (exact) mass is 343 g/mol. The van der Waals surface area contributed by atoms with Gasteiger partial charge in [0.2, 0.25) is 0 Å². The molecule has 0 N–H and O–H groups in total. The maximum absolute atomic E-state index is 13.6. The number of hydrogen-bond donors (Lipinski definition) is 0. The van der Waals surface area contributed by atoms with Crippen molar-refractivity contribution < 1.29 is 9.13 Å². The van der Waals surface area contributed by atoms with Crippen molar-refractivity contribution in [1.82, 2.24) is 4.90 Å². The molecular formula is C16H23BrFNO. The molecule has 1 heterocycles.